The SMILES string of the molecule is CCC(C)Nc1ccc(NC(=O)C2CC2)cc1. The third-order valence-corrected chi connectivity index (χ3v) is 3.13. The van der Waals surface area contributed by atoms with Crippen molar-refractivity contribution in [3.8, 4) is 0 Å². The van der Waals surface area contributed by atoms with Crippen LogP contribution in [-0.4, -0.2) is 11.9 Å². The highest BCUT2D eigenvalue weighted by atomic mass is 16.2. The van der Waals surface area contributed by atoms with Crippen molar-refractivity contribution in [3.63, 3.8) is 0 Å². The second kappa shape index (κ2) is 5.21. The first-order valence-corrected chi connectivity index (χ1v) is 6.36. The molecule has 1 unspecified atom stereocenters. The third kappa shape index (κ3) is 3.48. The quantitative estimate of drug-likeness (QED) is 0.818. The summed E-state index contributed by atoms with van der Waals surface area (Å²) < 4.78 is 0. The molecule has 1 aliphatic rings. The van der Waals surface area contributed by atoms with Gasteiger partial charge in [-0.15, -0.1) is 0 Å². The van der Waals surface area contributed by atoms with Gasteiger partial charge in [-0.05, 0) is 50.5 Å². The Bertz CT molecular complexity index is 382. The van der Waals surface area contributed by atoms with E-state index in [4.69, 9.17) is 0 Å². The number of amides is 1. The summed E-state index contributed by atoms with van der Waals surface area (Å²) in [4.78, 5) is 11.6. The lowest BCUT2D eigenvalue weighted by Crippen LogP contribution is -2.14. The molecule has 3 nitrogen and oxygen atoms in total. The summed E-state index contributed by atoms with van der Waals surface area (Å²) in [5.41, 5.74) is 1.99. The van der Waals surface area contributed by atoms with Crippen molar-refractivity contribution >= 4 is 17.3 Å². The van der Waals surface area contributed by atoms with Crippen molar-refractivity contribution in [1.29, 1.82) is 0 Å². The van der Waals surface area contributed by atoms with Gasteiger partial charge >= 0.3 is 0 Å². The van der Waals surface area contributed by atoms with Crippen LogP contribution in [0.1, 0.15) is 33.1 Å². The average Bonchev–Trinajstić information content (AvgIpc) is 3.15. The van der Waals surface area contributed by atoms with Gasteiger partial charge in [0.15, 0.2) is 0 Å². The Labute approximate surface area is 103 Å². The fourth-order valence-electron chi connectivity index (χ4n) is 1.63. The standard InChI is InChI=1S/C14H20N2O/c1-3-10(2)15-12-6-8-13(9-7-12)16-14(17)11-4-5-11/h6-11,15H,3-5H2,1-2H3,(H,16,17). The molecule has 17 heavy (non-hydrogen) atoms. The summed E-state index contributed by atoms with van der Waals surface area (Å²) in [6.07, 6.45) is 3.18. The number of anilines is 2. The molecule has 0 saturated heterocycles. The Morgan fingerprint density at radius 3 is 2.41 bits per heavy atom. The molecule has 1 aromatic carbocycles. The van der Waals surface area contributed by atoms with Crippen molar-refractivity contribution in [2.24, 2.45) is 5.92 Å². The molecule has 2 rings (SSSR count). The maximum atomic E-state index is 11.6. The summed E-state index contributed by atoms with van der Waals surface area (Å²) >= 11 is 0. The second-order valence-electron chi connectivity index (χ2n) is 4.79. The Morgan fingerprint density at radius 1 is 1.29 bits per heavy atom. The van der Waals surface area contributed by atoms with Crippen LogP contribution in [0.25, 0.3) is 0 Å². The number of carbonyl (C=O) groups is 1. The number of nitrogens with one attached hydrogen (secondary N) is 2. The minimum Gasteiger partial charge on any atom is -0.383 e. The van der Waals surface area contributed by atoms with Crippen molar-refractivity contribution in [2.45, 2.75) is 39.2 Å². The van der Waals surface area contributed by atoms with Gasteiger partial charge in [-0.2, -0.15) is 0 Å². The number of hydrogen-bond donors (Lipinski definition) is 2. The van der Waals surface area contributed by atoms with Crippen LogP contribution < -0.4 is 10.6 Å². The number of benzene rings is 1. The van der Waals surface area contributed by atoms with Gasteiger partial charge in [-0.1, -0.05) is 6.92 Å². The molecule has 3 heteroatoms. The lowest BCUT2D eigenvalue weighted by Gasteiger charge is -2.13. The predicted octanol–water partition coefficient (Wildman–Crippen LogP) is 3.25. The zero-order chi connectivity index (χ0) is 12.3. The van der Waals surface area contributed by atoms with E-state index >= 15 is 0 Å². The fourth-order valence-corrected chi connectivity index (χ4v) is 1.63. The van der Waals surface area contributed by atoms with E-state index in [9.17, 15) is 4.79 Å². The minimum atomic E-state index is 0.160. The van der Waals surface area contributed by atoms with Gasteiger partial charge in [-0.25, -0.2) is 0 Å². The van der Waals surface area contributed by atoms with Crippen molar-refractivity contribution in [3.05, 3.63) is 24.3 Å². The average molecular weight is 232 g/mol. The molecule has 0 radical (unpaired) electrons. The van der Waals surface area contributed by atoms with Gasteiger partial charge in [0.25, 0.3) is 0 Å². The topological polar surface area (TPSA) is 41.1 Å². The molecular weight excluding hydrogens is 212 g/mol. The van der Waals surface area contributed by atoms with Crippen molar-refractivity contribution in [1.82, 2.24) is 0 Å². The lowest BCUT2D eigenvalue weighted by molar-refractivity contribution is -0.117. The summed E-state index contributed by atoms with van der Waals surface area (Å²) in [7, 11) is 0. The van der Waals surface area contributed by atoms with E-state index < -0.39 is 0 Å². The van der Waals surface area contributed by atoms with E-state index in [-0.39, 0.29) is 11.8 Å². The summed E-state index contributed by atoms with van der Waals surface area (Å²) in [5.74, 6) is 0.417. The maximum Gasteiger partial charge on any atom is 0.227 e. The third-order valence-electron chi connectivity index (χ3n) is 3.13. The first-order chi connectivity index (χ1) is 8.19. The van der Waals surface area contributed by atoms with Crippen LogP contribution in [0.4, 0.5) is 11.4 Å². The van der Waals surface area contributed by atoms with Crippen LogP contribution in [0.15, 0.2) is 24.3 Å². The minimum absolute atomic E-state index is 0.160. The largest absolute Gasteiger partial charge is 0.383 e. The zero-order valence-electron chi connectivity index (χ0n) is 10.5. The monoisotopic (exact) mass is 232 g/mol. The van der Waals surface area contributed by atoms with Crippen LogP contribution in [-0.2, 0) is 4.79 Å². The fraction of sp³-hybridized carbons (Fsp3) is 0.500. The number of hydrogen-bond acceptors (Lipinski definition) is 2. The van der Waals surface area contributed by atoms with Crippen LogP contribution in [0.2, 0.25) is 0 Å². The van der Waals surface area contributed by atoms with Crippen LogP contribution in [0.3, 0.4) is 0 Å². The van der Waals surface area contributed by atoms with Crippen LogP contribution >= 0.6 is 0 Å². The van der Waals surface area contributed by atoms with Crippen LogP contribution in [0, 0.1) is 5.92 Å². The number of rotatable bonds is 5. The summed E-state index contributed by atoms with van der Waals surface area (Å²) in [6.45, 7) is 4.31. The molecule has 1 aromatic rings. The highest BCUT2D eigenvalue weighted by Crippen LogP contribution is 2.30. The molecule has 1 amide bonds. The molecule has 0 spiro atoms. The highest BCUT2D eigenvalue weighted by Gasteiger charge is 2.29. The van der Waals surface area contributed by atoms with E-state index in [2.05, 4.69) is 24.5 Å². The molecular formula is C14H20N2O. The van der Waals surface area contributed by atoms with E-state index in [1.807, 2.05) is 24.3 Å². The second-order valence-corrected chi connectivity index (χ2v) is 4.79. The summed E-state index contributed by atoms with van der Waals surface area (Å²) in [6, 6.07) is 8.39. The Morgan fingerprint density at radius 2 is 1.88 bits per heavy atom. The zero-order valence-corrected chi connectivity index (χ0v) is 10.5. The van der Waals surface area contributed by atoms with E-state index in [0.29, 0.717) is 6.04 Å². The van der Waals surface area contributed by atoms with Gasteiger partial charge in [-0.3, -0.25) is 4.79 Å². The summed E-state index contributed by atoms with van der Waals surface area (Å²) in [5, 5.41) is 6.33. The van der Waals surface area contributed by atoms with E-state index in [1.165, 1.54) is 0 Å². The Kier molecular flexibility index (Phi) is 3.67. The van der Waals surface area contributed by atoms with E-state index in [0.717, 1.165) is 30.6 Å². The normalized spacial score (nSPS) is 16.4. The van der Waals surface area contributed by atoms with Gasteiger partial charge < -0.3 is 10.6 Å². The molecule has 1 saturated carbocycles. The highest BCUT2D eigenvalue weighted by molar-refractivity contribution is 5.94. The molecule has 1 atom stereocenters. The smallest absolute Gasteiger partial charge is 0.227 e. The first-order valence-electron chi connectivity index (χ1n) is 6.36. The van der Waals surface area contributed by atoms with Gasteiger partial charge in [0.05, 0.1) is 0 Å². The molecule has 92 valence electrons. The Hall–Kier alpha value is -1.51. The lowest BCUT2D eigenvalue weighted by atomic mass is 10.2. The first kappa shape index (κ1) is 12.0. The maximum absolute atomic E-state index is 11.6. The molecule has 0 aromatic heterocycles. The van der Waals surface area contributed by atoms with Gasteiger partial charge in [0.1, 0.15) is 0 Å². The number of carbonyl (C=O) groups excluding carboxylic acids is 1. The molecule has 0 bridgehead atoms. The molecule has 1 aliphatic carbocycles. The van der Waals surface area contributed by atoms with Crippen molar-refractivity contribution < 1.29 is 4.79 Å². The molecule has 2 N–H and O–H groups in total. The molecule has 0 heterocycles. The van der Waals surface area contributed by atoms with E-state index in [1.54, 1.807) is 0 Å². The Balaban J connectivity index is 1.90. The van der Waals surface area contributed by atoms with Gasteiger partial charge in [0, 0.05) is 23.3 Å². The molecule has 0 aliphatic heterocycles. The molecule has 1 fully saturated rings. The van der Waals surface area contributed by atoms with Crippen molar-refractivity contribution in [2.75, 3.05) is 10.6 Å². The van der Waals surface area contributed by atoms with Crippen LogP contribution in [0.5, 0.6) is 0 Å². The predicted molar refractivity (Wildman–Crippen MR) is 71.2 cm³/mol. The van der Waals surface area contributed by atoms with Gasteiger partial charge in [0.2, 0.25) is 5.91 Å².